The molecule has 0 spiro atoms. The molecule has 0 radical (unpaired) electrons. The lowest BCUT2D eigenvalue weighted by Gasteiger charge is -2.33. The molecule has 3 atom stereocenters. The standard InChI is InChI=1S/C13H24N2O2/c1-3-4-5-12-13(16)15(9-14-12)11-6-7-17-10(2)8-11/h10-12,14H,3-9H2,1-2H3. The van der Waals surface area contributed by atoms with Crippen LogP contribution >= 0.6 is 0 Å². The minimum absolute atomic E-state index is 0.0631. The predicted molar refractivity (Wildman–Crippen MR) is 66.6 cm³/mol. The van der Waals surface area contributed by atoms with E-state index < -0.39 is 0 Å². The molecule has 0 aromatic carbocycles. The first-order chi connectivity index (χ1) is 8.22. The van der Waals surface area contributed by atoms with E-state index in [1.165, 1.54) is 0 Å². The fourth-order valence-corrected chi connectivity index (χ4v) is 2.77. The lowest BCUT2D eigenvalue weighted by molar-refractivity contribution is -0.133. The number of nitrogens with zero attached hydrogens (tertiary/aromatic N) is 1. The first-order valence-corrected chi connectivity index (χ1v) is 6.87. The predicted octanol–water partition coefficient (Wildman–Crippen LogP) is 1.50. The van der Waals surface area contributed by atoms with E-state index in [0.717, 1.165) is 45.4 Å². The average molecular weight is 240 g/mol. The third-order valence-corrected chi connectivity index (χ3v) is 3.83. The highest BCUT2D eigenvalue weighted by molar-refractivity contribution is 5.84. The van der Waals surface area contributed by atoms with Gasteiger partial charge in [0.2, 0.25) is 5.91 Å². The molecule has 4 nitrogen and oxygen atoms in total. The molecule has 0 aliphatic carbocycles. The molecular formula is C13H24N2O2. The van der Waals surface area contributed by atoms with Gasteiger partial charge >= 0.3 is 0 Å². The van der Waals surface area contributed by atoms with Crippen LogP contribution in [0.2, 0.25) is 0 Å². The number of hydrogen-bond donors (Lipinski definition) is 1. The Bertz CT molecular complexity index is 270. The molecule has 3 unspecified atom stereocenters. The number of nitrogens with one attached hydrogen (secondary N) is 1. The number of rotatable bonds is 4. The Hall–Kier alpha value is -0.610. The van der Waals surface area contributed by atoms with Gasteiger partial charge in [-0.3, -0.25) is 10.1 Å². The zero-order valence-corrected chi connectivity index (χ0v) is 10.9. The first-order valence-electron chi connectivity index (χ1n) is 6.87. The third kappa shape index (κ3) is 2.99. The SMILES string of the molecule is CCCCC1NCN(C2CCOC(C)C2)C1=O. The van der Waals surface area contributed by atoms with Crippen molar-refractivity contribution in [3.63, 3.8) is 0 Å². The maximum atomic E-state index is 12.2. The fraction of sp³-hybridized carbons (Fsp3) is 0.923. The Morgan fingerprint density at radius 2 is 2.35 bits per heavy atom. The lowest BCUT2D eigenvalue weighted by atomic mass is 10.0. The van der Waals surface area contributed by atoms with Gasteiger partial charge in [-0.2, -0.15) is 0 Å². The summed E-state index contributed by atoms with van der Waals surface area (Å²) in [6.45, 7) is 5.77. The number of carbonyl (C=O) groups is 1. The van der Waals surface area contributed by atoms with Gasteiger partial charge in [-0.15, -0.1) is 0 Å². The van der Waals surface area contributed by atoms with Gasteiger partial charge in [-0.05, 0) is 26.2 Å². The van der Waals surface area contributed by atoms with Crippen LogP contribution < -0.4 is 5.32 Å². The van der Waals surface area contributed by atoms with Crippen LogP contribution in [0.1, 0.15) is 46.0 Å². The summed E-state index contributed by atoms with van der Waals surface area (Å²) >= 11 is 0. The highest BCUT2D eigenvalue weighted by atomic mass is 16.5. The van der Waals surface area contributed by atoms with Crippen LogP contribution in [0.15, 0.2) is 0 Å². The second-order valence-corrected chi connectivity index (χ2v) is 5.22. The van der Waals surface area contributed by atoms with Crippen LogP contribution in [0.5, 0.6) is 0 Å². The maximum absolute atomic E-state index is 12.2. The largest absolute Gasteiger partial charge is 0.378 e. The summed E-state index contributed by atoms with van der Waals surface area (Å²) in [5.41, 5.74) is 0. The van der Waals surface area contributed by atoms with Crippen LogP contribution in [-0.4, -0.2) is 42.3 Å². The van der Waals surface area contributed by atoms with Crippen molar-refractivity contribution >= 4 is 5.91 Å². The molecule has 0 aromatic rings. The fourth-order valence-electron chi connectivity index (χ4n) is 2.77. The monoisotopic (exact) mass is 240 g/mol. The van der Waals surface area contributed by atoms with Crippen LogP contribution in [0, 0.1) is 0 Å². The minimum Gasteiger partial charge on any atom is -0.378 e. The summed E-state index contributed by atoms with van der Waals surface area (Å²) in [5.74, 6) is 0.303. The van der Waals surface area contributed by atoms with Crippen LogP contribution in [-0.2, 0) is 9.53 Å². The molecule has 0 aromatic heterocycles. The Balaban J connectivity index is 1.88. The highest BCUT2D eigenvalue weighted by Gasteiger charge is 2.36. The van der Waals surface area contributed by atoms with Crippen molar-refractivity contribution in [2.24, 2.45) is 0 Å². The quantitative estimate of drug-likeness (QED) is 0.809. The topological polar surface area (TPSA) is 41.6 Å². The summed E-state index contributed by atoms with van der Waals surface area (Å²) in [7, 11) is 0. The summed E-state index contributed by atoms with van der Waals surface area (Å²) in [6, 6.07) is 0.443. The van der Waals surface area contributed by atoms with E-state index in [1.807, 2.05) is 4.90 Å². The van der Waals surface area contributed by atoms with Gasteiger partial charge in [0.1, 0.15) is 0 Å². The van der Waals surface area contributed by atoms with E-state index in [1.54, 1.807) is 0 Å². The molecule has 2 aliphatic heterocycles. The van der Waals surface area contributed by atoms with Crippen molar-refractivity contribution in [3.8, 4) is 0 Å². The van der Waals surface area contributed by atoms with E-state index in [9.17, 15) is 4.79 Å². The van der Waals surface area contributed by atoms with Crippen molar-refractivity contribution in [3.05, 3.63) is 0 Å². The Labute approximate surface area is 104 Å². The van der Waals surface area contributed by atoms with E-state index >= 15 is 0 Å². The molecule has 0 saturated carbocycles. The van der Waals surface area contributed by atoms with Crippen molar-refractivity contribution < 1.29 is 9.53 Å². The molecular weight excluding hydrogens is 216 g/mol. The summed E-state index contributed by atoms with van der Waals surface area (Å²) in [5, 5.41) is 3.34. The van der Waals surface area contributed by atoms with E-state index in [-0.39, 0.29) is 12.1 Å². The van der Waals surface area contributed by atoms with E-state index in [2.05, 4.69) is 19.2 Å². The number of unbranched alkanes of at least 4 members (excludes halogenated alkanes) is 1. The van der Waals surface area contributed by atoms with Gasteiger partial charge in [0.15, 0.2) is 0 Å². The zero-order chi connectivity index (χ0) is 12.3. The number of carbonyl (C=O) groups excluding carboxylic acids is 1. The Kier molecular flexibility index (Phi) is 4.40. The molecule has 17 heavy (non-hydrogen) atoms. The number of amides is 1. The van der Waals surface area contributed by atoms with Crippen LogP contribution in [0.3, 0.4) is 0 Å². The second-order valence-electron chi connectivity index (χ2n) is 5.22. The van der Waals surface area contributed by atoms with Gasteiger partial charge in [0.05, 0.1) is 18.8 Å². The molecule has 2 rings (SSSR count). The van der Waals surface area contributed by atoms with Crippen LogP contribution in [0.25, 0.3) is 0 Å². The van der Waals surface area contributed by atoms with Gasteiger partial charge in [-0.1, -0.05) is 19.8 Å². The second kappa shape index (κ2) is 5.83. The summed E-state index contributed by atoms with van der Waals surface area (Å²) in [4.78, 5) is 14.3. The molecule has 1 N–H and O–H groups in total. The molecule has 2 aliphatic rings. The maximum Gasteiger partial charge on any atom is 0.241 e. The van der Waals surface area contributed by atoms with Crippen LogP contribution in [0.4, 0.5) is 0 Å². The molecule has 2 heterocycles. The smallest absolute Gasteiger partial charge is 0.241 e. The Morgan fingerprint density at radius 1 is 1.53 bits per heavy atom. The minimum atomic E-state index is 0.0631. The van der Waals surface area contributed by atoms with E-state index in [0.29, 0.717) is 11.9 Å². The Morgan fingerprint density at radius 3 is 3.06 bits per heavy atom. The normalized spacial score (nSPS) is 34.4. The van der Waals surface area contributed by atoms with E-state index in [4.69, 9.17) is 4.74 Å². The molecule has 0 bridgehead atoms. The summed E-state index contributed by atoms with van der Waals surface area (Å²) in [6.07, 6.45) is 5.51. The molecule has 1 amide bonds. The van der Waals surface area contributed by atoms with Gasteiger partial charge < -0.3 is 9.64 Å². The molecule has 2 fully saturated rings. The zero-order valence-electron chi connectivity index (χ0n) is 10.9. The van der Waals surface area contributed by atoms with Crippen molar-refractivity contribution in [2.45, 2.75) is 64.1 Å². The average Bonchev–Trinajstić information content (AvgIpc) is 2.68. The number of hydrogen-bond acceptors (Lipinski definition) is 3. The molecule has 2 saturated heterocycles. The first kappa shape index (κ1) is 12.8. The van der Waals surface area contributed by atoms with Gasteiger partial charge in [0, 0.05) is 12.6 Å². The third-order valence-electron chi connectivity index (χ3n) is 3.83. The highest BCUT2D eigenvalue weighted by Crippen LogP contribution is 2.22. The summed E-state index contributed by atoms with van der Waals surface area (Å²) < 4.78 is 5.54. The van der Waals surface area contributed by atoms with Gasteiger partial charge in [-0.25, -0.2) is 0 Å². The van der Waals surface area contributed by atoms with Gasteiger partial charge in [0.25, 0.3) is 0 Å². The van der Waals surface area contributed by atoms with Crippen molar-refractivity contribution in [1.82, 2.24) is 10.2 Å². The van der Waals surface area contributed by atoms with Crippen molar-refractivity contribution in [2.75, 3.05) is 13.3 Å². The van der Waals surface area contributed by atoms with Crippen molar-refractivity contribution in [1.29, 1.82) is 0 Å². The molecule has 98 valence electrons. The lowest BCUT2D eigenvalue weighted by Crippen LogP contribution is -2.43. The molecule has 4 heteroatoms. The number of ether oxygens (including phenoxy) is 1.